The Labute approximate surface area is 109 Å². The third-order valence-corrected chi connectivity index (χ3v) is 3.86. The zero-order chi connectivity index (χ0) is 12.4. The van der Waals surface area contributed by atoms with Crippen LogP contribution in [0.4, 0.5) is 5.82 Å². The minimum absolute atomic E-state index is 0.0164. The number of carbonyl (C=O) groups is 1. The molecule has 6 heteroatoms. The first-order valence-corrected chi connectivity index (χ1v) is 6.80. The smallest absolute Gasteiger partial charge is 0.230 e. The van der Waals surface area contributed by atoms with Crippen LogP contribution in [-0.4, -0.2) is 22.6 Å². The molecule has 0 spiro atoms. The van der Waals surface area contributed by atoms with Crippen molar-refractivity contribution < 1.29 is 4.79 Å². The molecule has 5 nitrogen and oxygen atoms in total. The summed E-state index contributed by atoms with van der Waals surface area (Å²) in [6.45, 7) is 1.72. The van der Waals surface area contributed by atoms with Crippen LogP contribution >= 0.6 is 11.3 Å². The summed E-state index contributed by atoms with van der Waals surface area (Å²) in [4.78, 5) is 12.9. The van der Waals surface area contributed by atoms with Gasteiger partial charge in [-0.2, -0.15) is 5.10 Å². The summed E-state index contributed by atoms with van der Waals surface area (Å²) in [6, 6.07) is 3.92. The molecule has 0 aromatic carbocycles. The number of thiophene rings is 1. The SMILES string of the molecule is O=C(Cc1cccs1)Nc1n[nH]c2c1CNCC2. The minimum atomic E-state index is -0.0164. The van der Waals surface area contributed by atoms with Crippen LogP contribution in [0, 0.1) is 0 Å². The fraction of sp³-hybridized carbons (Fsp3) is 0.333. The molecule has 3 rings (SSSR count). The van der Waals surface area contributed by atoms with Gasteiger partial charge in [0, 0.05) is 35.6 Å². The van der Waals surface area contributed by atoms with E-state index in [1.165, 1.54) is 0 Å². The Kier molecular flexibility index (Phi) is 3.12. The van der Waals surface area contributed by atoms with Gasteiger partial charge in [-0.3, -0.25) is 9.89 Å². The second-order valence-corrected chi connectivity index (χ2v) is 5.29. The molecule has 0 atom stereocenters. The topological polar surface area (TPSA) is 69.8 Å². The van der Waals surface area contributed by atoms with E-state index in [1.54, 1.807) is 11.3 Å². The molecule has 1 aliphatic heterocycles. The van der Waals surface area contributed by atoms with E-state index in [9.17, 15) is 4.79 Å². The monoisotopic (exact) mass is 262 g/mol. The Balaban J connectivity index is 1.69. The van der Waals surface area contributed by atoms with Crippen molar-refractivity contribution in [3.8, 4) is 0 Å². The fourth-order valence-corrected chi connectivity index (χ4v) is 2.78. The van der Waals surface area contributed by atoms with Crippen LogP contribution in [0.2, 0.25) is 0 Å². The Morgan fingerprint density at radius 1 is 1.56 bits per heavy atom. The maximum atomic E-state index is 11.9. The first kappa shape index (κ1) is 11.4. The van der Waals surface area contributed by atoms with Gasteiger partial charge in [0.05, 0.1) is 6.42 Å². The lowest BCUT2D eigenvalue weighted by Gasteiger charge is -2.13. The number of nitrogens with zero attached hydrogens (tertiary/aromatic N) is 1. The highest BCUT2D eigenvalue weighted by atomic mass is 32.1. The summed E-state index contributed by atoms with van der Waals surface area (Å²) in [6.07, 6.45) is 1.34. The number of carbonyl (C=O) groups excluding carboxylic acids is 1. The molecule has 0 fully saturated rings. The first-order chi connectivity index (χ1) is 8.83. The average molecular weight is 262 g/mol. The molecule has 0 saturated heterocycles. The lowest BCUT2D eigenvalue weighted by atomic mass is 10.1. The Morgan fingerprint density at radius 2 is 2.50 bits per heavy atom. The summed E-state index contributed by atoms with van der Waals surface area (Å²) >= 11 is 1.59. The van der Waals surface area contributed by atoms with Crippen molar-refractivity contribution in [1.29, 1.82) is 0 Å². The van der Waals surface area contributed by atoms with Gasteiger partial charge in [-0.15, -0.1) is 11.3 Å². The molecule has 3 heterocycles. The van der Waals surface area contributed by atoms with E-state index in [2.05, 4.69) is 20.8 Å². The third-order valence-electron chi connectivity index (χ3n) is 2.98. The average Bonchev–Trinajstić information content (AvgIpc) is 3.00. The van der Waals surface area contributed by atoms with Crippen LogP contribution in [0.5, 0.6) is 0 Å². The number of aromatic nitrogens is 2. The van der Waals surface area contributed by atoms with Crippen molar-refractivity contribution in [3.05, 3.63) is 33.6 Å². The van der Waals surface area contributed by atoms with Crippen molar-refractivity contribution in [1.82, 2.24) is 15.5 Å². The summed E-state index contributed by atoms with van der Waals surface area (Å²) in [5.74, 6) is 0.649. The fourth-order valence-electron chi connectivity index (χ4n) is 2.08. The van der Waals surface area contributed by atoms with Crippen molar-refractivity contribution in [2.45, 2.75) is 19.4 Å². The van der Waals surface area contributed by atoms with E-state index in [0.717, 1.165) is 35.6 Å². The number of aromatic amines is 1. The van der Waals surface area contributed by atoms with Crippen molar-refractivity contribution in [2.75, 3.05) is 11.9 Å². The van der Waals surface area contributed by atoms with Crippen molar-refractivity contribution >= 4 is 23.1 Å². The molecular formula is C12H14N4OS. The maximum absolute atomic E-state index is 11.9. The lowest BCUT2D eigenvalue weighted by Crippen LogP contribution is -2.24. The molecule has 1 aliphatic rings. The zero-order valence-corrected chi connectivity index (χ0v) is 10.6. The molecule has 0 saturated carbocycles. The molecule has 94 valence electrons. The van der Waals surface area contributed by atoms with Gasteiger partial charge in [0.15, 0.2) is 5.82 Å². The number of anilines is 1. The van der Waals surface area contributed by atoms with Crippen LogP contribution in [0.1, 0.15) is 16.1 Å². The molecule has 0 radical (unpaired) electrons. The summed E-state index contributed by atoms with van der Waals surface area (Å²) < 4.78 is 0. The van der Waals surface area contributed by atoms with Gasteiger partial charge in [-0.05, 0) is 11.4 Å². The second kappa shape index (κ2) is 4.91. The van der Waals surface area contributed by atoms with E-state index in [0.29, 0.717) is 12.2 Å². The van der Waals surface area contributed by atoms with Gasteiger partial charge in [0.2, 0.25) is 5.91 Å². The molecule has 0 bridgehead atoms. The molecule has 2 aromatic rings. The van der Waals surface area contributed by atoms with Crippen LogP contribution in [-0.2, 0) is 24.2 Å². The third kappa shape index (κ3) is 2.30. The number of hydrogen-bond donors (Lipinski definition) is 3. The molecule has 0 unspecified atom stereocenters. The predicted molar refractivity (Wildman–Crippen MR) is 70.7 cm³/mol. The molecule has 3 N–H and O–H groups in total. The predicted octanol–water partition coefficient (Wildman–Crippen LogP) is 1.30. The van der Waals surface area contributed by atoms with Gasteiger partial charge in [-0.1, -0.05) is 6.07 Å². The van der Waals surface area contributed by atoms with E-state index in [4.69, 9.17) is 0 Å². The second-order valence-electron chi connectivity index (χ2n) is 4.26. The zero-order valence-electron chi connectivity index (χ0n) is 9.82. The van der Waals surface area contributed by atoms with E-state index < -0.39 is 0 Å². The normalized spacial score (nSPS) is 14.2. The van der Waals surface area contributed by atoms with Gasteiger partial charge >= 0.3 is 0 Å². The van der Waals surface area contributed by atoms with Crippen molar-refractivity contribution in [2.24, 2.45) is 0 Å². The number of rotatable bonds is 3. The lowest BCUT2D eigenvalue weighted by molar-refractivity contribution is -0.115. The number of fused-ring (bicyclic) bond motifs is 1. The standard InChI is InChI=1S/C12H14N4OS/c17-11(6-8-2-1-5-18-8)14-12-9-7-13-4-3-10(9)15-16-12/h1-2,5,13H,3-4,6-7H2,(H2,14,15,16,17). The number of nitrogens with one attached hydrogen (secondary N) is 3. The largest absolute Gasteiger partial charge is 0.312 e. The van der Waals surface area contributed by atoms with Crippen LogP contribution < -0.4 is 10.6 Å². The minimum Gasteiger partial charge on any atom is -0.312 e. The van der Waals surface area contributed by atoms with Gasteiger partial charge < -0.3 is 10.6 Å². The van der Waals surface area contributed by atoms with Gasteiger partial charge in [-0.25, -0.2) is 0 Å². The van der Waals surface area contributed by atoms with Crippen LogP contribution in [0.15, 0.2) is 17.5 Å². The molecule has 1 amide bonds. The summed E-state index contributed by atoms with van der Waals surface area (Å²) in [5.41, 5.74) is 2.21. The first-order valence-electron chi connectivity index (χ1n) is 5.92. The summed E-state index contributed by atoms with van der Waals surface area (Å²) in [5, 5.41) is 15.3. The van der Waals surface area contributed by atoms with E-state index in [1.807, 2.05) is 17.5 Å². The van der Waals surface area contributed by atoms with Gasteiger partial charge in [0.25, 0.3) is 0 Å². The van der Waals surface area contributed by atoms with Crippen LogP contribution in [0.3, 0.4) is 0 Å². The maximum Gasteiger partial charge on any atom is 0.230 e. The molecule has 18 heavy (non-hydrogen) atoms. The highest BCUT2D eigenvalue weighted by Gasteiger charge is 2.18. The highest BCUT2D eigenvalue weighted by molar-refractivity contribution is 7.10. The highest BCUT2D eigenvalue weighted by Crippen LogP contribution is 2.20. The van der Waals surface area contributed by atoms with Crippen molar-refractivity contribution in [3.63, 3.8) is 0 Å². The number of amides is 1. The molecular weight excluding hydrogens is 248 g/mol. The Hall–Kier alpha value is -1.66. The van der Waals surface area contributed by atoms with E-state index >= 15 is 0 Å². The van der Waals surface area contributed by atoms with Gasteiger partial charge in [0.1, 0.15) is 0 Å². The summed E-state index contributed by atoms with van der Waals surface area (Å²) in [7, 11) is 0. The molecule has 2 aromatic heterocycles. The Bertz CT molecular complexity index is 546. The quantitative estimate of drug-likeness (QED) is 0.781. The molecule has 0 aliphatic carbocycles. The van der Waals surface area contributed by atoms with Crippen LogP contribution in [0.25, 0.3) is 0 Å². The Morgan fingerprint density at radius 3 is 3.33 bits per heavy atom. The number of hydrogen-bond acceptors (Lipinski definition) is 4. The van der Waals surface area contributed by atoms with E-state index in [-0.39, 0.29) is 5.91 Å². The number of H-pyrrole nitrogens is 1.